The quantitative estimate of drug-likeness (QED) is 0.388. The summed E-state index contributed by atoms with van der Waals surface area (Å²) in [7, 11) is -3.90. The number of hydrogen-bond donors (Lipinski definition) is 3. The fraction of sp³-hybridized carbons (Fsp3) is 0.629. The molecule has 0 bridgehead atoms. The van der Waals surface area contributed by atoms with E-state index < -0.39 is 74.5 Å². The predicted octanol–water partition coefficient (Wildman–Crippen LogP) is 2.43. The van der Waals surface area contributed by atoms with Crippen molar-refractivity contribution >= 4 is 39.9 Å². The van der Waals surface area contributed by atoms with Crippen LogP contribution in [0.4, 0.5) is 14.0 Å². The number of rotatable bonds is 5. The molecular weight excluding hydrogens is 683 g/mol. The number of benzene rings is 1. The fourth-order valence-corrected chi connectivity index (χ4v) is 9.10. The molecule has 14 nitrogen and oxygen atoms in total. The molecular formula is C35H45FN6O8S. The van der Waals surface area contributed by atoms with Gasteiger partial charge in [-0.2, -0.15) is 0 Å². The number of fused-ring (bicyclic) bond motifs is 3. The Bertz CT molecular complexity index is 1730. The molecule has 6 aliphatic rings. The summed E-state index contributed by atoms with van der Waals surface area (Å²) >= 11 is 0. The molecule has 1 aromatic carbocycles. The number of nitrogens with one attached hydrogen (secondary N) is 3. The summed E-state index contributed by atoms with van der Waals surface area (Å²) in [6.45, 7) is 1.18. The molecule has 3 N–H and O–H groups in total. The van der Waals surface area contributed by atoms with Gasteiger partial charge in [0.05, 0.1) is 18.3 Å². The van der Waals surface area contributed by atoms with Crippen molar-refractivity contribution in [3.8, 4) is 0 Å². The van der Waals surface area contributed by atoms with Crippen LogP contribution < -0.4 is 15.4 Å². The van der Waals surface area contributed by atoms with E-state index in [0.29, 0.717) is 56.3 Å². The molecule has 0 spiro atoms. The van der Waals surface area contributed by atoms with E-state index in [0.717, 1.165) is 25.7 Å². The number of nitrogens with zero attached hydrogens (tertiary/aromatic N) is 3. The van der Waals surface area contributed by atoms with Gasteiger partial charge in [-0.05, 0) is 63.0 Å². The summed E-state index contributed by atoms with van der Waals surface area (Å²) < 4.78 is 47.9. The minimum absolute atomic E-state index is 0.0149. The Labute approximate surface area is 296 Å². The van der Waals surface area contributed by atoms with Gasteiger partial charge < -0.3 is 25.2 Å². The van der Waals surface area contributed by atoms with Gasteiger partial charge in [-0.1, -0.05) is 37.1 Å². The SMILES string of the molecule is O=C1N[C@]2(C(=O)NS(=O)(=O)C3CC3)C[C@H]2C=CCCCCC[C@H](NC(=O)N2CCCC2)C(=O)N2CC(OC(=O)N3Cc4cccc(F)c4C3)C[C@@H]12. The number of amides is 6. The molecule has 2 saturated heterocycles. The van der Waals surface area contributed by atoms with E-state index in [1.54, 1.807) is 17.0 Å². The van der Waals surface area contributed by atoms with Crippen molar-refractivity contribution in [1.82, 2.24) is 30.1 Å². The average Bonchev–Trinajstić information content (AvgIpc) is 3.85. The third-order valence-electron chi connectivity index (χ3n) is 11.0. The van der Waals surface area contributed by atoms with Gasteiger partial charge in [0.2, 0.25) is 21.8 Å². The Hall–Kier alpha value is -4.21. The van der Waals surface area contributed by atoms with Gasteiger partial charge in [0.25, 0.3) is 5.91 Å². The second-order valence-electron chi connectivity index (χ2n) is 14.7. The maximum absolute atomic E-state index is 14.4. The molecule has 2 aliphatic carbocycles. The van der Waals surface area contributed by atoms with Crippen molar-refractivity contribution < 1.29 is 41.5 Å². The lowest BCUT2D eigenvalue weighted by atomic mass is 10.0. The largest absolute Gasteiger partial charge is 0.444 e. The molecule has 0 radical (unpaired) electrons. The molecule has 0 aromatic heterocycles. The van der Waals surface area contributed by atoms with E-state index >= 15 is 0 Å². The van der Waals surface area contributed by atoms with Crippen LogP contribution in [-0.2, 0) is 42.2 Å². The second-order valence-corrected chi connectivity index (χ2v) is 16.7. The molecule has 1 aromatic rings. The van der Waals surface area contributed by atoms with Crippen LogP contribution in [0.5, 0.6) is 0 Å². The molecule has 5 atom stereocenters. The van der Waals surface area contributed by atoms with Gasteiger partial charge in [-0.3, -0.25) is 24.0 Å². The smallest absolute Gasteiger partial charge is 0.410 e. The monoisotopic (exact) mass is 728 g/mol. The van der Waals surface area contributed by atoms with Crippen molar-refractivity contribution in [1.29, 1.82) is 0 Å². The van der Waals surface area contributed by atoms with Crippen LogP contribution in [0, 0.1) is 11.7 Å². The van der Waals surface area contributed by atoms with E-state index in [9.17, 15) is 36.8 Å². The van der Waals surface area contributed by atoms with Gasteiger partial charge in [-0.15, -0.1) is 0 Å². The standard InChI is InChI=1S/C35H45FN6O8S/c36-27-11-8-9-22-19-41(21-26(22)27)34(47)50-24-17-29-30(43)38-35(32(45)39-51(48,49)25-13-14-25)18-23(35)10-4-2-1-3-5-12-28(31(44)42(29)20-24)37-33(46)40-15-6-7-16-40/h4,8-11,23-25,28-29H,1-3,5-7,12-21H2,(H,37,46)(H,38,43)(H,39,45)/t23-,24?,28+,29+,35-/m1/s1. The Morgan fingerprint density at radius 3 is 2.51 bits per heavy atom. The second kappa shape index (κ2) is 14.1. The molecule has 16 heteroatoms. The number of carbonyl (C=O) groups excluding carboxylic acids is 5. The van der Waals surface area contributed by atoms with Crippen molar-refractivity contribution in [3.63, 3.8) is 0 Å². The lowest BCUT2D eigenvalue weighted by Crippen LogP contribution is -2.58. The highest BCUT2D eigenvalue weighted by Crippen LogP contribution is 2.46. The summed E-state index contributed by atoms with van der Waals surface area (Å²) in [6, 6.07) is 2.14. The molecule has 7 rings (SSSR count). The zero-order valence-electron chi connectivity index (χ0n) is 28.5. The molecule has 4 aliphatic heterocycles. The normalized spacial score (nSPS) is 29.6. The summed E-state index contributed by atoms with van der Waals surface area (Å²) in [6.07, 6.45) is 8.08. The first-order valence-corrected chi connectivity index (χ1v) is 19.6. The topological polar surface area (TPSA) is 175 Å². The zero-order valence-corrected chi connectivity index (χ0v) is 29.3. The Morgan fingerprint density at radius 2 is 1.76 bits per heavy atom. The number of likely N-dealkylation sites (tertiary alicyclic amines) is 1. The van der Waals surface area contributed by atoms with Crippen LogP contribution in [-0.4, -0.2) is 102 Å². The fourth-order valence-electron chi connectivity index (χ4n) is 7.74. The van der Waals surface area contributed by atoms with Crippen LogP contribution in [0.2, 0.25) is 0 Å². The summed E-state index contributed by atoms with van der Waals surface area (Å²) in [5.74, 6) is -2.89. The van der Waals surface area contributed by atoms with E-state index in [1.807, 2.05) is 12.2 Å². The number of ether oxygens (including phenoxy) is 1. The molecule has 6 amide bonds. The van der Waals surface area contributed by atoms with Crippen LogP contribution >= 0.6 is 0 Å². The average molecular weight is 729 g/mol. The number of halogens is 1. The molecule has 4 fully saturated rings. The molecule has 276 valence electrons. The van der Waals surface area contributed by atoms with Crippen molar-refractivity contribution in [2.24, 2.45) is 5.92 Å². The zero-order chi connectivity index (χ0) is 35.9. The van der Waals surface area contributed by atoms with E-state index in [2.05, 4.69) is 15.4 Å². The lowest BCUT2D eigenvalue weighted by Gasteiger charge is -2.30. The summed E-state index contributed by atoms with van der Waals surface area (Å²) in [4.78, 5) is 73.0. The lowest BCUT2D eigenvalue weighted by molar-refractivity contribution is -0.141. The molecule has 2 saturated carbocycles. The third kappa shape index (κ3) is 7.42. The van der Waals surface area contributed by atoms with Crippen LogP contribution in [0.15, 0.2) is 30.4 Å². The first-order valence-electron chi connectivity index (χ1n) is 18.1. The maximum atomic E-state index is 14.4. The summed E-state index contributed by atoms with van der Waals surface area (Å²) in [5, 5.41) is 5.06. The van der Waals surface area contributed by atoms with Crippen molar-refractivity contribution in [2.75, 3.05) is 19.6 Å². The van der Waals surface area contributed by atoms with Gasteiger partial charge in [0.1, 0.15) is 29.5 Å². The molecule has 51 heavy (non-hydrogen) atoms. The Kier molecular flexibility index (Phi) is 9.71. The van der Waals surface area contributed by atoms with Gasteiger partial charge in [-0.25, -0.2) is 22.4 Å². The maximum Gasteiger partial charge on any atom is 0.410 e. The molecule has 1 unspecified atom stereocenters. The highest BCUT2D eigenvalue weighted by Gasteiger charge is 2.62. The third-order valence-corrected chi connectivity index (χ3v) is 12.8. The number of urea groups is 1. The van der Waals surface area contributed by atoms with E-state index in [-0.39, 0.29) is 38.5 Å². The molecule has 4 heterocycles. The number of sulfonamides is 1. The predicted molar refractivity (Wildman–Crippen MR) is 180 cm³/mol. The van der Waals surface area contributed by atoms with Gasteiger partial charge in [0, 0.05) is 37.5 Å². The van der Waals surface area contributed by atoms with Gasteiger partial charge >= 0.3 is 12.1 Å². The Balaban J connectivity index is 1.13. The highest BCUT2D eigenvalue weighted by atomic mass is 32.2. The van der Waals surface area contributed by atoms with Crippen molar-refractivity contribution in [3.05, 3.63) is 47.3 Å². The van der Waals surface area contributed by atoms with Crippen LogP contribution in [0.25, 0.3) is 0 Å². The van der Waals surface area contributed by atoms with Crippen LogP contribution in [0.3, 0.4) is 0 Å². The first-order chi connectivity index (χ1) is 24.4. The van der Waals surface area contributed by atoms with E-state index in [1.165, 1.54) is 15.9 Å². The number of allylic oxidation sites excluding steroid dienone is 1. The minimum atomic E-state index is -3.90. The van der Waals surface area contributed by atoms with E-state index in [4.69, 9.17) is 4.74 Å². The number of hydrogen-bond acceptors (Lipinski definition) is 8. The highest BCUT2D eigenvalue weighted by molar-refractivity contribution is 7.91. The minimum Gasteiger partial charge on any atom is -0.444 e. The van der Waals surface area contributed by atoms with Crippen molar-refractivity contribution in [2.45, 2.75) is 113 Å². The van der Waals surface area contributed by atoms with Crippen LogP contribution in [0.1, 0.15) is 81.8 Å². The first kappa shape index (κ1) is 35.2. The van der Waals surface area contributed by atoms with Gasteiger partial charge in [0.15, 0.2) is 0 Å². The number of carbonyl (C=O) groups is 5. The summed E-state index contributed by atoms with van der Waals surface area (Å²) in [5.41, 5.74) is -0.467. The Morgan fingerprint density at radius 1 is 0.980 bits per heavy atom.